The number of carbonyl (C=O) groups is 2. The van der Waals surface area contributed by atoms with E-state index >= 15 is 4.79 Å². The van der Waals surface area contributed by atoms with Crippen LogP contribution in [0.3, 0.4) is 0 Å². The number of rotatable bonds is 11. The van der Waals surface area contributed by atoms with E-state index in [2.05, 4.69) is 22.8 Å². The van der Waals surface area contributed by atoms with Crippen molar-refractivity contribution in [2.45, 2.75) is 79.6 Å². The van der Waals surface area contributed by atoms with Gasteiger partial charge in [0.25, 0.3) is 5.91 Å². The van der Waals surface area contributed by atoms with E-state index in [1.807, 2.05) is 102 Å². The lowest BCUT2D eigenvalue weighted by molar-refractivity contribution is 0.0240. The van der Waals surface area contributed by atoms with E-state index in [0.29, 0.717) is 73.5 Å². The average molecular weight is 880 g/mol. The summed E-state index contributed by atoms with van der Waals surface area (Å²) in [5.74, 6) is 0.876. The molecule has 6 aromatic rings. The molecule has 3 aromatic carbocycles. The number of piperazine rings is 1. The van der Waals surface area contributed by atoms with E-state index in [0.717, 1.165) is 64.4 Å². The maximum absolute atomic E-state index is 15.6. The number of imidazole rings is 1. The molecule has 65 heavy (non-hydrogen) atoms. The topological polar surface area (TPSA) is 115 Å². The van der Waals surface area contributed by atoms with E-state index in [9.17, 15) is 9.18 Å². The Hall–Kier alpha value is -6.60. The largest absolute Gasteiger partial charge is 0.472 e. The Morgan fingerprint density at radius 2 is 1.57 bits per heavy atom. The minimum Gasteiger partial charge on any atom is -0.472 e. The number of amides is 1. The van der Waals surface area contributed by atoms with Crippen LogP contribution in [-0.4, -0.2) is 94.0 Å². The van der Waals surface area contributed by atoms with Crippen LogP contribution in [0.25, 0.3) is 33.8 Å². The molecular weight excluding hydrogens is 822 g/mol. The lowest BCUT2D eigenvalue weighted by Crippen LogP contribution is -2.50. The summed E-state index contributed by atoms with van der Waals surface area (Å²) in [6.07, 6.45) is 5.02. The normalized spacial score (nSPS) is 14.6. The number of hydrogen-bond donors (Lipinski definition) is 0. The molecule has 12 nitrogen and oxygen atoms in total. The fourth-order valence-electron chi connectivity index (χ4n) is 8.70. The Morgan fingerprint density at radius 1 is 0.862 bits per heavy atom. The molecule has 1 amide bonds. The van der Waals surface area contributed by atoms with Gasteiger partial charge in [0, 0.05) is 92.4 Å². The zero-order valence-electron chi connectivity index (χ0n) is 38.4. The summed E-state index contributed by atoms with van der Waals surface area (Å²) in [6.45, 7) is 18.3. The van der Waals surface area contributed by atoms with E-state index < -0.39 is 5.60 Å². The molecule has 13 heteroatoms. The molecule has 8 rings (SSSR count). The highest BCUT2D eigenvalue weighted by atomic mass is 19.1. The van der Waals surface area contributed by atoms with Crippen molar-refractivity contribution in [1.82, 2.24) is 24.4 Å². The molecule has 2 aliphatic rings. The van der Waals surface area contributed by atoms with Gasteiger partial charge in [0.2, 0.25) is 5.88 Å². The van der Waals surface area contributed by atoms with E-state index in [-0.39, 0.29) is 30.5 Å². The molecule has 0 unspecified atom stereocenters. The van der Waals surface area contributed by atoms with Gasteiger partial charge in [-0.15, -0.1) is 0 Å². The molecule has 0 bridgehead atoms. The number of hydrogen-bond acceptors (Lipinski definition) is 10. The van der Waals surface area contributed by atoms with Gasteiger partial charge < -0.3 is 28.9 Å². The number of aromatic nitrogens is 4. The fourth-order valence-corrected chi connectivity index (χ4v) is 8.70. The number of aryl methyl sites for hydroxylation is 2. The second-order valence-corrected chi connectivity index (χ2v) is 17.8. The third kappa shape index (κ3) is 10.2. The van der Waals surface area contributed by atoms with Crippen LogP contribution in [0.5, 0.6) is 5.88 Å². The summed E-state index contributed by atoms with van der Waals surface area (Å²) in [5, 5.41) is 0. The molecular formula is C52H58FN7O5. The maximum Gasteiger partial charge on any atom is 0.410 e. The van der Waals surface area contributed by atoms with Crippen LogP contribution < -0.4 is 14.5 Å². The Kier molecular flexibility index (Phi) is 13.3. The zero-order chi connectivity index (χ0) is 45.8. The lowest BCUT2D eigenvalue weighted by atomic mass is 9.95. The van der Waals surface area contributed by atoms with Gasteiger partial charge in [-0.3, -0.25) is 9.36 Å². The third-order valence-corrected chi connectivity index (χ3v) is 12.0. The second-order valence-electron chi connectivity index (χ2n) is 17.8. The summed E-state index contributed by atoms with van der Waals surface area (Å²) < 4.78 is 33.6. The lowest BCUT2D eigenvalue weighted by Gasteiger charge is -2.37. The van der Waals surface area contributed by atoms with Crippen molar-refractivity contribution in [3.63, 3.8) is 0 Å². The molecule has 0 saturated carbocycles. The first-order chi connectivity index (χ1) is 31.3. The van der Waals surface area contributed by atoms with Crippen LogP contribution in [0.1, 0.15) is 73.3 Å². The highest BCUT2D eigenvalue weighted by Gasteiger charge is 2.30. The molecule has 0 atom stereocenters. The smallest absolute Gasteiger partial charge is 0.410 e. The maximum atomic E-state index is 15.6. The number of pyridine rings is 2. The van der Waals surface area contributed by atoms with Gasteiger partial charge >= 0.3 is 6.09 Å². The number of carbonyl (C=O) groups excluding carboxylic acids is 2. The summed E-state index contributed by atoms with van der Waals surface area (Å²) in [7, 11) is 0. The predicted octanol–water partition coefficient (Wildman–Crippen LogP) is 10.1. The second kappa shape index (κ2) is 19.2. The molecule has 5 heterocycles. The minimum absolute atomic E-state index is 0.227. The van der Waals surface area contributed by atoms with Gasteiger partial charge in [-0.2, -0.15) is 0 Å². The third-order valence-electron chi connectivity index (χ3n) is 12.0. The summed E-state index contributed by atoms with van der Waals surface area (Å²) in [5.41, 5.74) is 7.75. The number of benzene rings is 3. The molecule has 338 valence electrons. The van der Waals surface area contributed by atoms with Crippen LogP contribution in [0.15, 0.2) is 97.3 Å². The number of nitrogens with zero attached hydrogens (tertiary/aromatic N) is 7. The number of ether oxygens (including phenoxy) is 3. The Labute approximate surface area is 381 Å². The first-order valence-electron chi connectivity index (χ1n) is 22.5. The molecule has 0 N–H and O–H groups in total. The Morgan fingerprint density at radius 3 is 2.23 bits per heavy atom. The monoisotopic (exact) mass is 879 g/mol. The first kappa shape index (κ1) is 45.0. The quantitative estimate of drug-likeness (QED) is 0.125. The van der Waals surface area contributed by atoms with Gasteiger partial charge in [-0.1, -0.05) is 30.3 Å². The van der Waals surface area contributed by atoms with Gasteiger partial charge in [0.05, 0.1) is 11.3 Å². The SMILES string of the molecule is CCN(c1cc(-c2ccc(N3CCN(C(=O)OC(C)(C)C)CC3)nc2)cc(C(=O)n2cc(-c3ccc(F)cc3)nc2-c2c(C)cc(C)nc2OCc2ccccc2)c1C)C1CCOCC1. The Balaban J connectivity index is 1.20. The summed E-state index contributed by atoms with van der Waals surface area (Å²) in [4.78, 5) is 49.5. The van der Waals surface area contributed by atoms with Crippen molar-refractivity contribution in [1.29, 1.82) is 0 Å². The van der Waals surface area contributed by atoms with E-state index in [1.165, 1.54) is 12.1 Å². The van der Waals surface area contributed by atoms with Crippen molar-refractivity contribution in [2.75, 3.05) is 55.7 Å². The van der Waals surface area contributed by atoms with Crippen molar-refractivity contribution >= 4 is 23.5 Å². The van der Waals surface area contributed by atoms with Crippen LogP contribution in [-0.2, 0) is 16.1 Å². The highest BCUT2D eigenvalue weighted by Crippen LogP contribution is 2.38. The molecule has 0 aliphatic carbocycles. The van der Waals surface area contributed by atoms with Crippen molar-refractivity contribution in [3.05, 3.63) is 131 Å². The number of halogens is 1. The molecule has 2 aliphatic heterocycles. The molecule has 0 radical (unpaired) electrons. The predicted molar refractivity (Wildman–Crippen MR) is 252 cm³/mol. The fraction of sp³-hybridized carbons (Fsp3) is 0.365. The van der Waals surface area contributed by atoms with E-state index in [1.54, 1.807) is 27.8 Å². The molecule has 3 aromatic heterocycles. The van der Waals surface area contributed by atoms with Crippen molar-refractivity contribution < 1.29 is 28.2 Å². The first-order valence-corrected chi connectivity index (χ1v) is 22.5. The van der Waals surface area contributed by atoms with Crippen molar-refractivity contribution in [2.24, 2.45) is 0 Å². The van der Waals surface area contributed by atoms with Crippen LogP contribution in [0.2, 0.25) is 0 Å². The Bertz CT molecular complexity index is 2630. The van der Waals surface area contributed by atoms with E-state index in [4.69, 9.17) is 29.2 Å². The van der Waals surface area contributed by atoms with Crippen LogP contribution in [0.4, 0.5) is 20.7 Å². The summed E-state index contributed by atoms with van der Waals surface area (Å²) >= 11 is 0. The minimum atomic E-state index is -0.558. The molecule has 2 fully saturated rings. The van der Waals surface area contributed by atoms with Crippen LogP contribution >= 0.6 is 0 Å². The standard InChI is InChI=1S/C52H58FN7O5/c1-8-59(42-20-26-63-27-21-42)45-30-40(39-16-19-46(54-31-39)57-22-24-58(25-23-57)51(62)65-52(5,6)7)29-43(36(45)4)50(61)60-32-44(38-14-17-41(53)18-15-38)56-48(60)47-34(2)28-35(3)55-49(47)64-33-37-12-10-9-11-13-37/h9-19,28-32,42H,8,20-27,33H2,1-7H3. The molecule has 0 spiro atoms. The average Bonchev–Trinajstić information content (AvgIpc) is 3.74. The molecule has 2 saturated heterocycles. The zero-order valence-corrected chi connectivity index (χ0v) is 38.4. The van der Waals surface area contributed by atoms with Gasteiger partial charge in [0.1, 0.15) is 23.8 Å². The number of anilines is 2. The van der Waals surface area contributed by atoms with Gasteiger partial charge in [-0.25, -0.2) is 24.1 Å². The van der Waals surface area contributed by atoms with Crippen LogP contribution in [0, 0.1) is 26.6 Å². The van der Waals surface area contributed by atoms with Gasteiger partial charge in [-0.05, 0) is 138 Å². The summed E-state index contributed by atoms with van der Waals surface area (Å²) in [6, 6.07) is 26.3. The highest BCUT2D eigenvalue weighted by molar-refractivity contribution is 6.02. The van der Waals surface area contributed by atoms with Crippen molar-refractivity contribution in [3.8, 4) is 39.7 Å². The van der Waals surface area contributed by atoms with Gasteiger partial charge in [0.15, 0.2) is 5.82 Å².